The van der Waals surface area contributed by atoms with Gasteiger partial charge in [-0.15, -0.1) is 11.3 Å². The van der Waals surface area contributed by atoms with Crippen LogP contribution in [0.5, 0.6) is 17.2 Å². The molecule has 0 bridgehead atoms. The van der Waals surface area contributed by atoms with Crippen LogP contribution in [0.25, 0.3) is 10.1 Å². The summed E-state index contributed by atoms with van der Waals surface area (Å²) in [6.07, 6.45) is 1.47. The van der Waals surface area contributed by atoms with E-state index >= 15 is 0 Å². The van der Waals surface area contributed by atoms with Crippen LogP contribution in [0, 0.1) is 0 Å². The molecule has 0 N–H and O–H groups in total. The van der Waals surface area contributed by atoms with Crippen LogP contribution in [0.15, 0.2) is 11.4 Å². The molecule has 2 aromatic rings. The van der Waals surface area contributed by atoms with Crippen LogP contribution < -0.4 is 14.2 Å². The topological polar surface area (TPSA) is 61.8 Å². The van der Waals surface area contributed by atoms with E-state index in [1.165, 1.54) is 25.2 Å². The lowest BCUT2D eigenvalue weighted by Crippen LogP contribution is -2.33. The molecular weight excluding hydrogens is 316 g/mol. The molecule has 0 aliphatic carbocycles. The summed E-state index contributed by atoms with van der Waals surface area (Å²) in [4.78, 5) is 23.0. The fourth-order valence-electron chi connectivity index (χ4n) is 2.75. The van der Waals surface area contributed by atoms with Crippen molar-refractivity contribution in [3.63, 3.8) is 0 Å². The van der Waals surface area contributed by atoms with E-state index < -0.39 is 11.9 Å². The third-order valence-corrected chi connectivity index (χ3v) is 4.63. The van der Waals surface area contributed by atoms with Crippen molar-refractivity contribution in [1.29, 1.82) is 0 Å². The van der Waals surface area contributed by atoms with Gasteiger partial charge in [0.25, 0.3) is 0 Å². The fourth-order valence-corrected chi connectivity index (χ4v) is 3.65. The van der Waals surface area contributed by atoms with E-state index in [-0.39, 0.29) is 5.60 Å². The van der Waals surface area contributed by atoms with Crippen LogP contribution in [-0.2, 0) is 16.0 Å². The van der Waals surface area contributed by atoms with Crippen molar-refractivity contribution in [3.05, 3.63) is 17.0 Å². The number of carbonyl (C=O) groups excluding carboxylic acids is 2. The number of hydrogen-bond donors (Lipinski definition) is 0. The van der Waals surface area contributed by atoms with Crippen molar-refractivity contribution in [1.82, 2.24) is 0 Å². The summed E-state index contributed by atoms with van der Waals surface area (Å²) in [5.74, 6) is 0.399. The van der Waals surface area contributed by atoms with Crippen molar-refractivity contribution >= 4 is 33.4 Å². The maximum Gasteiger partial charge on any atom is 0.308 e. The number of ether oxygens (including phenoxy) is 3. The molecule has 0 saturated heterocycles. The number of hydrogen-bond acceptors (Lipinski definition) is 6. The van der Waals surface area contributed by atoms with Gasteiger partial charge in [-0.2, -0.15) is 0 Å². The largest absolute Gasteiger partial charge is 0.486 e. The summed E-state index contributed by atoms with van der Waals surface area (Å²) >= 11 is 1.51. The predicted octanol–water partition coefficient (Wildman–Crippen LogP) is 3.86. The number of carbonyl (C=O) groups is 2. The van der Waals surface area contributed by atoms with Gasteiger partial charge < -0.3 is 14.2 Å². The molecule has 6 heteroatoms. The molecule has 0 amide bonds. The molecular formula is C17H18O5S. The highest BCUT2D eigenvalue weighted by atomic mass is 32.1. The lowest BCUT2D eigenvalue weighted by Gasteiger charge is -2.34. The van der Waals surface area contributed by atoms with Crippen LogP contribution in [-0.4, -0.2) is 17.5 Å². The van der Waals surface area contributed by atoms with Gasteiger partial charge in [-0.1, -0.05) is 0 Å². The van der Waals surface area contributed by atoms with E-state index in [0.717, 1.165) is 27.8 Å². The average molecular weight is 334 g/mol. The quantitative estimate of drug-likeness (QED) is 0.616. The van der Waals surface area contributed by atoms with Gasteiger partial charge in [0.2, 0.25) is 0 Å². The molecule has 0 saturated carbocycles. The Balaban J connectivity index is 2.30. The molecule has 0 unspecified atom stereocenters. The number of rotatable bonds is 2. The van der Waals surface area contributed by atoms with Crippen molar-refractivity contribution in [3.8, 4) is 17.2 Å². The monoisotopic (exact) mass is 334 g/mol. The number of benzene rings is 1. The Morgan fingerprint density at radius 3 is 2.48 bits per heavy atom. The zero-order chi connectivity index (χ0) is 16.8. The van der Waals surface area contributed by atoms with Gasteiger partial charge in [0.1, 0.15) is 11.4 Å². The Hall–Kier alpha value is -2.08. The zero-order valence-corrected chi connectivity index (χ0v) is 14.3. The van der Waals surface area contributed by atoms with Gasteiger partial charge in [-0.05, 0) is 38.1 Å². The molecule has 0 radical (unpaired) electrons. The first-order valence-electron chi connectivity index (χ1n) is 7.40. The Morgan fingerprint density at radius 2 is 1.83 bits per heavy atom. The standard InChI is InChI=1S/C17H18O5S/c1-9(18)20-13-11-5-7-17(3,4)22-15(11)16-12(6-8-23-16)14(13)21-10(2)19/h6,8H,5,7H2,1-4H3. The van der Waals surface area contributed by atoms with Crippen LogP contribution >= 0.6 is 11.3 Å². The minimum Gasteiger partial charge on any atom is -0.486 e. The molecule has 5 nitrogen and oxygen atoms in total. The second-order valence-electron chi connectivity index (χ2n) is 6.18. The summed E-state index contributed by atoms with van der Waals surface area (Å²) in [6.45, 7) is 6.71. The lowest BCUT2D eigenvalue weighted by molar-refractivity contribution is -0.134. The van der Waals surface area contributed by atoms with Crippen LogP contribution in [0.3, 0.4) is 0 Å². The van der Waals surface area contributed by atoms with Crippen LogP contribution in [0.1, 0.15) is 39.7 Å². The van der Waals surface area contributed by atoms with Crippen molar-refractivity contribution in [2.45, 2.75) is 46.1 Å². The normalized spacial score (nSPS) is 15.7. The van der Waals surface area contributed by atoms with Crippen molar-refractivity contribution in [2.24, 2.45) is 0 Å². The smallest absolute Gasteiger partial charge is 0.308 e. The van der Waals surface area contributed by atoms with Gasteiger partial charge in [-0.25, -0.2) is 0 Å². The van der Waals surface area contributed by atoms with Gasteiger partial charge >= 0.3 is 11.9 Å². The molecule has 1 aromatic carbocycles. The van der Waals surface area contributed by atoms with E-state index in [4.69, 9.17) is 14.2 Å². The fraction of sp³-hybridized carbons (Fsp3) is 0.412. The minimum atomic E-state index is -0.458. The second-order valence-corrected chi connectivity index (χ2v) is 7.09. The van der Waals surface area contributed by atoms with Gasteiger partial charge in [-0.3, -0.25) is 9.59 Å². The number of thiophene rings is 1. The Morgan fingerprint density at radius 1 is 1.17 bits per heavy atom. The van der Waals surface area contributed by atoms with Crippen LogP contribution in [0.2, 0.25) is 0 Å². The predicted molar refractivity (Wildman–Crippen MR) is 87.5 cm³/mol. The molecule has 0 spiro atoms. The molecule has 0 atom stereocenters. The zero-order valence-electron chi connectivity index (χ0n) is 13.5. The minimum absolute atomic E-state index is 0.291. The maximum atomic E-state index is 11.5. The summed E-state index contributed by atoms with van der Waals surface area (Å²) in [6, 6.07) is 1.84. The number of fused-ring (bicyclic) bond motifs is 3. The van der Waals surface area contributed by atoms with E-state index in [0.29, 0.717) is 17.9 Å². The maximum absolute atomic E-state index is 11.5. The number of esters is 2. The van der Waals surface area contributed by atoms with E-state index in [9.17, 15) is 9.59 Å². The molecule has 1 aromatic heterocycles. The summed E-state index contributed by atoms with van der Waals surface area (Å²) < 4.78 is 17.8. The van der Waals surface area contributed by atoms with E-state index in [1.54, 1.807) is 0 Å². The summed E-state index contributed by atoms with van der Waals surface area (Å²) in [5, 5.41) is 2.62. The molecule has 1 aliphatic rings. The third kappa shape index (κ3) is 2.91. The molecule has 23 heavy (non-hydrogen) atoms. The highest BCUT2D eigenvalue weighted by molar-refractivity contribution is 7.17. The van der Waals surface area contributed by atoms with E-state index in [2.05, 4.69) is 0 Å². The van der Waals surface area contributed by atoms with E-state index in [1.807, 2.05) is 25.3 Å². The van der Waals surface area contributed by atoms with Crippen LogP contribution in [0.4, 0.5) is 0 Å². The van der Waals surface area contributed by atoms with Crippen molar-refractivity contribution < 1.29 is 23.8 Å². The molecule has 1 aliphatic heterocycles. The SMILES string of the molecule is CC(=O)Oc1c2c(c3sccc3c1OC(C)=O)OC(C)(C)CC2. The highest BCUT2D eigenvalue weighted by Crippen LogP contribution is 2.51. The first-order valence-corrected chi connectivity index (χ1v) is 8.28. The van der Waals surface area contributed by atoms with Gasteiger partial charge in [0, 0.05) is 24.8 Å². The van der Waals surface area contributed by atoms with Gasteiger partial charge in [0.05, 0.1) is 4.70 Å². The summed E-state index contributed by atoms with van der Waals surface area (Å²) in [5.41, 5.74) is 0.492. The molecule has 122 valence electrons. The molecule has 0 fully saturated rings. The van der Waals surface area contributed by atoms with Gasteiger partial charge in [0.15, 0.2) is 11.5 Å². The lowest BCUT2D eigenvalue weighted by atomic mass is 9.93. The Labute approximate surface area is 138 Å². The Kier molecular flexibility index (Phi) is 3.80. The summed E-state index contributed by atoms with van der Waals surface area (Å²) in [7, 11) is 0. The Bertz CT molecular complexity index is 803. The highest BCUT2D eigenvalue weighted by Gasteiger charge is 2.34. The molecule has 2 heterocycles. The molecule has 3 rings (SSSR count). The van der Waals surface area contributed by atoms with Crippen molar-refractivity contribution in [2.75, 3.05) is 0 Å². The first-order chi connectivity index (χ1) is 10.8. The third-order valence-electron chi connectivity index (χ3n) is 3.72. The average Bonchev–Trinajstić information content (AvgIpc) is 2.90. The second kappa shape index (κ2) is 5.53. The first kappa shape index (κ1) is 15.8.